The van der Waals surface area contributed by atoms with Gasteiger partial charge in [-0.2, -0.15) is 4.31 Å². The maximum absolute atomic E-state index is 13.0. The number of hydrogen-bond donors (Lipinski definition) is 1. The number of hydrogen-bond acceptors (Lipinski definition) is 5. The van der Waals surface area contributed by atoms with Gasteiger partial charge in [-0.1, -0.05) is 44.4 Å². The number of nitrogens with one attached hydrogen (secondary N) is 1. The van der Waals surface area contributed by atoms with Crippen molar-refractivity contribution in [3.63, 3.8) is 0 Å². The number of rotatable bonds is 12. The molecular weight excluding hydrogens is 448 g/mol. The molecule has 0 spiro atoms. The molecule has 0 saturated carbocycles. The topological polar surface area (TPSA) is 101 Å². The van der Waals surface area contributed by atoms with Crippen molar-refractivity contribution in [3.8, 4) is 0 Å². The monoisotopic (exact) mass is 480 g/mol. The van der Waals surface area contributed by atoms with Gasteiger partial charge in [0.15, 0.2) is 9.84 Å². The largest absolute Gasteiger partial charge is 0.325 e. The zero-order valence-electron chi connectivity index (χ0n) is 18.9. The van der Waals surface area contributed by atoms with E-state index in [0.717, 1.165) is 31.2 Å². The molecule has 0 unspecified atom stereocenters. The van der Waals surface area contributed by atoms with Gasteiger partial charge in [-0.05, 0) is 56.2 Å². The lowest BCUT2D eigenvalue weighted by Crippen LogP contribution is -2.33. The van der Waals surface area contributed by atoms with Gasteiger partial charge < -0.3 is 5.32 Å². The van der Waals surface area contributed by atoms with Crippen LogP contribution in [0.1, 0.15) is 45.1 Å². The number of benzene rings is 2. The van der Waals surface area contributed by atoms with E-state index in [-0.39, 0.29) is 9.79 Å². The average molecular weight is 481 g/mol. The van der Waals surface area contributed by atoms with E-state index in [2.05, 4.69) is 5.32 Å². The Hall–Kier alpha value is -2.23. The summed E-state index contributed by atoms with van der Waals surface area (Å²) >= 11 is 0. The first-order valence-corrected chi connectivity index (χ1v) is 13.9. The van der Waals surface area contributed by atoms with Crippen molar-refractivity contribution in [1.29, 1.82) is 0 Å². The summed E-state index contributed by atoms with van der Waals surface area (Å²) in [7, 11) is -7.41. The fourth-order valence-electron chi connectivity index (χ4n) is 3.08. The van der Waals surface area contributed by atoms with Gasteiger partial charge in [0.05, 0.1) is 9.79 Å². The Morgan fingerprint density at radius 2 is 1.31 bits per heavy atom. The van der Waals surface area contributed by atoms with Crippen LogP contribution in [0.15, 0.2) is 58.3 Å². The maximum atomic E-state index is 13.0. The first-order valence-electron chi connectivity index (χ1n) is 10.8. The number of unbranched alkanes of at least 4 members (excludes halogenated alkanes) is 2. The molecule has 0 aliphatic carbocycles. The molecule has 0 heterocycles. The Kier molecular flexibility index (Phi) is 9.42. The second-order valence-electron chi connectivity index (χ2n) is 7.76. The minimum absolute atomic E-state index is 0.0824. The second kappa shape index (κ2) is 11.6. The van der Waals surface area contributed by atoms with Gasteiger partial charge in [0, 0.05) is 18.8 Å². The van der Waals surface area contributed by atoms with Crippen LogP contribution < -0.4 is 5.32 Å². The van der Waals surface area contributed by atoms with Gasteiger partial charge in [-0.3, -0.25) is 4.79 Å². The van der Waals surface area contributed by atoms with Gasteiger partial charge in [0.25, 0.3) is 0 Å². The molecule has 0 bridgehead atoms. The van der Waals surface area contributed by atoms with E-state index in [1.807, 2.05) is 20.8 Å². The van der Waals surface area contributed by atoms with Crippen LogP contribution in [0.25, 0.3) is 0 Å². The van der Waals surface area contributed by atoms with E-state index in [4.69, 9.17) is 0 Å². The van der Waals surface area contributed by atoms with Gasteiger partial charge in [0.1, 0.15) is 5.75 Å². The molecule has 2 aromatic carbocycles. The molecule has 0 aliphatic heterocycles. The molecule has 32 heavy (non-hydrogen) atoms. The Labute approximate surface area is 191 Å². The van der Waals surface area contributed by atoms with Crippen molar-refractivity contribution < 1.29 is 21.6 Å². The van der Waals surface area contributed by atoms with Crippen molar-refractivity contribution in [2.75, 3.05) is 24.2 Å². The molecule has 0 atom stereocenters. The molecular formula is C23H32N2O5S2. The minimum atomic E-state index is -3.77. The van der Waals surface area contributed by atoms with Crippen molar-refractivity contribution in [1.82, 2.24) is 4.31 Å². The Morgan fingerprint density at radius 3 is 1.81 bits per heavy atom. The number of aryl methyl sites for hydroxylation is 1. The van der Waals surface area contributed by atoms with E-state index in [0.29, 0.717) is 18.8 Å². The number of amides is 1. The van der Waals surface area contributed by atoms with Crippen LogP contribution in [-0.4, -0.2) is 45.9 Å². The summed E-state index contributed by atoms with van der Waals surface area (Å²) in [5.74, 6) is -1.38. The zero-order chi connectivity index (χ0) is 23.8. The first kappa shape index (κ1) is 26.0. The highest BCUT2D eigenvalue weighted by atomic mass is 32.2. The Balaban J connectivity index is 2.09. The molecule has 1 N–H and O–H groups in total. The number of sulfonamides is 1. The van der Waals surface area contributed by atoms with E-state index in [1.54, 1.807) is 12.1 Å². The van der Waals surface area contributed by atoms with Crippen LogP contribution in [0.2, 0.25) is 0 Å². The smallest absolute Gasteiger partial charge is 0.243 e. The summed E-state index contributed by atoms with van der Waals surface area (Å²) in [6.45, 7) is 6.81. The fraction of sp³-hybridized carbons (Fsp3) is 0.435. The molecule has 0 radical (unpaired) electrons. The van der Waals surface area contributed by atoms with Crippen molar-refractivity contribution in [2.24, 2.45) is 0 Å². The van der Waals surface area contributed by atoms with Gasteiger partial charge in [-0.25, -0.2) is 16.8 Å². The van der Waals surface area contributed by atoms with Crippen molar-refractivity contribution in [2.45, 2.75) is 56.2 Å². The summed E-state index contributed by atoms with van der Waals surface area (Å²) in [4.78, 5) is 12.5. The Morgan fingerprint density at radius 1 is 0.812 bits per heavy atom. The lowest BCUT2D eigenvalue weighted by atomic mass is 10.2. The van der Waals surface area contributed by atoms with Gasteiger partial charge >= 0.3 is 0 Å². The lowest BCUT2D eigenvalue weighted by Gasteiger charge is -2.22. The molecule has 0 aromatic heterocycles. The molecule has 7 nitrogen and oxygen atoms in total. The fourth-order valence-corrected chi connectivity index (χ4v) is 5.73. The standard InChI is InChI=1S/C23H32N2O5S2/c1-4-6-16-25(17-7-5-2)32(29,30)22-14-10-20(11-15-22)24-23(26)18-31(27,28)21-12-8-19(3)9-13-21/h8-15H,4-7,16-18H2,1-3H3,(H,24,26). The number of sulfone groups is 1. The van der Waals surface area contributed by atoms with E-state index in [1.165, 1.54) is 40.7 Å². The summed E-state index contributed by atoms with van der Waals surface area (Å²) < 4.78 is 52.4. The molecule has 0 fully saturated rings. The molecule has 0 aliphatic rings. The van der Waals surface area contributed by atoms with Crippen LogP contribution >= 0.6 is 0 Å². The maximum Gasteiger partial charge on any atom is 0.243 e. The van der Waals surface area contributed by atoms with Gasteiger partial charge in [0.2, 0.25) is 15.9 Å². The van der Waals surface area contributed by atoms with Crippen molar-refractivity contribution >= 4 is 31.5 Å². The van der Waals surface area contributed by atoms with Crippen molar-refractivity contribution in [3.05, 3.63) is 54.1 Å². The normalized spacial score (nSPS) is 12.1. The molecule has 9 heteroatoms. The highest BCUT2D eigenvalue weighted by molar-refractivity contribution is 7.92. The summed E-state index contributed by atoms with van der Waals surface area (Å²) in [6, 6.07) is 12.1. The van der Waals surface area contributed by atoms with E-state index in [9.17, 15) is 21.6 Å². The zero-order valence-corrected chi connectivity index (χ0v) is 20.5. The molecule has 0 saturated heterocycles. The third kappa shape index (κ3) is 7.15. The van der Waals surface area contributed by atoms with Crippen LogP contribution in [0, 0.1) is 6.92 Å². The molecule has 1 amide bonds. The first-order chi connectivity index (χ1) is 15.1. The molecule has 2 rings (SSSR count). The number of anilines is 1. The third-order valence-corrected chi connectivity index (χ3v) is 8.54. The summed E-state index contributed by atoms with van der Waals surface area (Å²) in [5, 5.41) is 2.53. The van der Waals surface area contributed by atoms with E-state index >= 15 is 0 Å². The number of carbonyl (C=O) groups excluding carboxylic acids is 1. The van der Waals surface area contributed by atoms with Crippen LogP contribution in [0.5, 0.6) is 0 Å². The SMILES string of the molecule is CCCCN(CCCC)S(=O)(=O)c1ccc(NC(=O)CS(=O)(=O)c2ccc(C)cc2)cc1. The van der Waals surface area contributed by atoms with Crippen LogP contribution in [0.3, 0.4) is 0 Å². The van der Waals surface area contributed by atoms with Crippen LogP contribution in [-0.2, 0) is 24.7 Å². The highest BCUT2D eigenvalue weighted by Crippen LogP contribution is 2.20. The summed E-state index contributed by atoms with van der Waals surface area (Å²) in [6.07, 6.45) is 3.36. The van der Waals surface area contributed by atoms with Crippen LogP contribution in [0.4, 0.5) is 5.69 Å². The van der Waals surface area contributed by atoms with E-state index < -0.39 is 31.5 Å². The predicted molar refractivity (Wildman–Crippen MR) is 127 cm³/mol. The van der Waals surface area contributed by atoms with Gasteiger partial charge in [-0.15, -0.1) is 0 Å². The highest BCUT2D eigenvalue weighted by Gasteiger charge is 2.24. The second-order valence-corrected chi connectivity index (χ2v) is 11.7. The average Bonchev–Trinajstić information content (AvgIpc) is 2.74. The molecule has 2 aromatic rings. The number of nitrogens with zero attached hydrogens (tertiary/aromatic N) is 1. The Bertz CT molecular complexity index is 1090. The summed E-state index contributed by atoms with van der Waals surface area (Å²) in [5.41, 5.74) is 1.26. The molecule has 176 valence electrons. The quantitative estimate of drug-likeness (QED) is 0.495. The minimum Gasteiger partial charge on any atom is -0.325 e. The third-order valence-electron chi connectivity index (χ3n) is 5.00. The lowest BCUT2D eigenvalue weighted by molar-refractivity contribution is -0.113. The number of carbonyl (C=O) groups is 1. The predicted octanol–water partition coefficient (Wildman–Crippen LogP) is 4.00.